The molecule has 174 valence electrons. The van der Waals surface area contributed by atoms with Crippen molar-refractivity contribution in [2.24, 2.45) is 7.05 Å². The number of hydrogen-bond donors (Lipinski definition) is 1. The second kappa shape index (κ2) is 10.6. The number of ether oxygens (including phenoxy) is 3. The summed E-state index contributed by atoms with van der Waals surface area (Å²) in [5.74, 6) is -0.598. The number of carbonyl (C=O) groups excluding carboxylic acids is 1. The molecule has 0 saturated carbocycles. The zero-order chi connectivity index (χ0) is 24.0. The average Bonchev–Trinajstić information content (AvgIpc) is 3.22. The highest BCUT2D eigenvalue weighted by Crippen LogP contribution is 2.35. The molecule has 0 bridgehead atoms. The Hall–Kier alpha value is -3.99. The molecule has 0 radical (unpaired) electrons. The maximum absolute atomic E-state index is 13.9. The van der Waals surface area contributed by atoms with E-state index in [0.717, 1.165) is 6.07 Å². The molecule has 3 aromatic rings. The number of nitro groups is 1. The molecule has 1 aromatic heterocycles. The van der Waals surface area contributed by atoms with Crippen molar-refractivity contribution in [3.05, 3.63) is 81.7 Å². The van der Waals surface area contributed by atoms with E-state index in [4.69, 9.17) is 14.2 Å². The standard InChI is InChI=1S/C22H23FN4O6/c1-26-8-7-24-21(26)20(14-5-4-6-15(23)11-14)25-22(28)16-12-18(32-3)19(33-10-9-31-2)13-17(16)27(29)30/h4-8,11-13,20H,9-10H2,1-3H3,(H,25,28). The topological polar surface area (TPSA) is 118 Å². The lowest BCUT2D eigenvalue weighted by molar-refractivity contribution is -0.385. The van der Waals surface area contributed by atoms with Crippen LogP contribution in [0.5, 0.6) is 11.5 Å². The fourth-order valence-electron chi connectivity index (χ4n) is 3.24. The highest BCUT2D eigenvalue weighted by Gasteiger charge is 2.28. The molecule has 11 heteroatoms. The van der Waals surface area contributed by atoms with Crippen molar-refractivity contribution in [2.75, 3.05) is 27.4 Å². The van der Waals surface area contributed by atoms with E-state index in [0.29, 0.717) is 11.4 Å². The first-order valence-corrected chi connectivity index (χ1v) is 9.87. The van der Waals surface area contributed by atoms with Crippen LogP contribution in [0.1, 0.15) is 27.8 Å². The molecule has 3 rings (SSSR count). The minimum atomic E-state index is -0.864. The van der Waals surface area contributed by atoms with Gasteiger partial charge in [0.05, 0.1) is 24.7 Å². The van der Waals surface area contributed by atoms with Gasteiger partial charge in [0.1, 0.15) is 29.9 Å². The Morgan fingerprint density at radius 3 is 2.64 bits per heavy atom. The van der Waals surface area contributed by atoms with Crippen LogP contribution in [-0.2, 0) is 11.8 Å². The number of aromatic nitrogens is 2. The predicted octanol–water partition coefficient (Wildman–Crippen LogP) is 3.02. The third-order valence-corrected chi connectivity index (χ3v) is 4.84. The van der Waals surface area contributed by atoms with Crippen molar-refractivity contribution >= 4 is 11.6 Å². The first-order chi connectivity index (χ1) is 15.8. The molecule has 0 spiro atoms. The van der Waals surface area contributed by atoms with Gasteiger partial charge in [-0.25, -0.2) is 9.37 Å². The van der Waals surface area contributed by atoms with Gasteiger partial charge in [-0.3, -0.25) is 14.9 Å². The minimum absolute atomic E-state index is 0.101. The van der Waals surface area contributed by atoms with E-state index in [1.807, 2.05) is 0 Å². The Morgan fingerprint density at radius 2 is 2.03 bits per heavy atom. The van der Waals surface area contributed by atoms with Crippen LogP contribution in [0, 0.1) is 15.9 Å². The van der Waals surface area contributed by atoms with Crippen LogP contribution in [0.25, 0.3) is 0 Å². The van der Waals surface area contributed by atoms with E-state index >= 15 is 0 Å². The maximum Gasteiger partial charge on any atom is 0.286 e. The van der Waals surface area contributed by atoms with Gasteiger partial charge in [-0.1, -0.05) is 12.1 Å². The van der Waals surface area contributed by atoms with Gasteiger partial charge in [-0.15, -0.1) is 0 Å². The largest absolute Gasteiger partial charge is 0.493 e. The van der Waals surface area contributed by atoms with Gasteiger partial charge < -0.3 is 24.1 Å². The number of imidazole rings is 1. The summed E-state index contributed by atoms with van der Waals surface area (Å²) < 4.78 is 31.2. The number of nitro benzene ring substituents is 1. The number of methoxy groups -OCH3 is 2. The van der Waals surface area contributed by atoms with Crippen molar-refractivity contribution < 1.29 is 28.3 Å². The van der Waals surface area contributed by atoms with E-state index in [9.17, 15) is 19.3 Å². The summed E-state index contributed by atoms with van der Waals surface area (Å²) in [6, 6.07) is 7.17. The third kappa shape index (κ3) is 5.44. The first kappa shape index (κ1) is 23.7. The molecule has 0 fully saturated rings. The van der Waals surface area contributed by atoms with Gasteiger partial charge in [-0.05, 0) is 17.7 Å². The number of halogens is 1. The van der Waals surface area contributed by atoms with Crippen LogP contribution in [0.3, 0.4) is 0 Å². The van der Waals surface area contributed by atoms with Crippen LogP contribution in [-0.4, -0.2) is 47.8 Å². The van der Waals surface area contributed by atoms with E-state index in [2.05, 4.69) is 10.3 Å². The second-order valence-corrected chi connectivity index (χ2v) is 6.98. The molecule has 0 aliphatic heterocycles. The molecule has 1 amide bonds. The van der Waals surface area contributed by atoms with E-state index in [1.165, 1.54) is 44.7 Å². The smallest absolute Gasteiger partial charge is 0.286 e. The zero-order valence-electron chi connectivity index (χ0n) is 18.3. The van der Waals surface area contributed by atoms with Crippen LogP contribution >= 0.6 is 0 Å². The monoisotopic (exact) mass is 458 g/mol. The van der Waals surface area contributed by atoms with Crippen LogP contribution in [0.4, 0.5) is 10.1 Å². The van der Waals surface area contributed by atoms with Crippen molar-refractivity contribution in [1.82, 2.24) is 14.9 Å². The number of benzene rings is 2. The van der Waals surface area contributed by atoms with E-state index in [-0.39, 0.29) is 30.3 Å². The molecule has 0 saturated heterocycles. The molecule has 33 heavy (non-hydrogen) atoms. The van der Waals surface area contributed by atoms with Gasteiger partial charge in [0, 0.05) is 32.6 Å². The molecular weight excluding hydrogens is 435 g/mol. The van der Waals surface area contributed by atoms with Crippen LogP contribution in [0.15, 0.2) is 48.8 Å². The van der Waals surface area contributed by atoms with Gasteiger partial charge in [-0.2, -0.15) is 0 Å². The summed E-state index contributed by atoms with van der Waals surface area (Å²) in [7, 11) is 4.57. The van der Waals surface area contributed by atoms with Gasteiger partial charge in [0.15, 0.2) is 11.5 Å². The fraction of sp³-hybridized carbons (Fsp3) is 0.273. The lowest BCUT2D eigenvalue weighted by Gasteiger charge is -2.20. The van der Waals surface area contributed by atoms with E-state index < -0.39 is 28.4 Å². The molecule has 1 N–H and O–H groups in total. The highest BCUT2D eigenvalue weighted by molar-refractivity contribution is 5.99. The van der Waals surface area contributed by atoms with Gasteiger partial charge in [0.25, 0.3) is 11.6 Å². The number of carbonyl (C=O) groups is 1. The molecule has 1 atom stereocenters. The Labute approximate surface area is 189 Å². The Morgan fingerprint density at radius 1 is 1.24 bits per heavy atom. The summed E-state index contributed by atoms with van der Waals surface area (Å²) in [4.78, 5) is 28.5. The molecule has 1 unspecified atom stereocenters. The summed E-state index contributed by atoms with van der Waals surface area (Å²) in [6.45, 7) is 0.397. The van der Waals surface area contributed by atoms with Crippen LogP contribution in [0.2, 0.25) is 0 Å². The molecule has 10 nitrogen and oxygen atoms in total. The Kier molecular flexibility index (Phi) is 7.57. The number of aryl methyl sites for hydroxylation is 1. The van der Waals surface area contributed by atoms with Crippen molar-refractivity contribution in [2.45, 2.75) is 6.04 Å². The average molecular weight is 458 g/mol. The quantitative estimate of drug-likeness (QED) is 0.282. The molecule has 0 aliphatic rings. The van der Waals surface area contributed by atoms with Crippen molar-refractivity contribution in [3.8, 4) is 11.5 Å². The van der Waals surface area contributed by atoms with E-state index in [1.54, 1.807) is 23.9 Å². The molecule has 2 aromatic carbocycles. The first-order valence-electron chi connectivity index (χ1n) is 9.87. The maximum atomic E-state index is 13.9. The number of rotatable bonds is 10. The fourth-order valence-corrected chi connectivity index (χ4v) is 3.24. The Balaban J connectivity index is 2.01. The normalized spacial score (nSPS) is 11.6. The Bertz CT molecular complexity index is 1150. The van der Waals surface area contributed by atoms with Crippen molar-refractivity contribution in [1.29, 1.82) is 0 Å². The number of nitrogens with one attached hydrogen (secondary N) is 1. The zero-order valence-corrected chi connectivity index (χ0v) is 18.3. The molecule has 1 heterocycles. The second-order valence-electron chi connectivity index (χ2n) is 6.98. The predicted molar refractivity (Wildman–Crippen MR) is 116 cm³/mol. The third-order valence-electron chi connectivity index (χ3n) is 4.84. The van der Waals surface area contributed by atoms with Crippen molar-refractivity contribution in [3.63, 3.8) is 0 Å². The SMILES string of the molecule is COCCOc1cc([N+](=O)[O-])c(C(=O)NC(c2cccc(F)c2)c2nccn2C)cc1OC. The van der Waals surface area contributed by atoms with Gasteiger partial charge in [0.2, 0.25) is 0 Å². The number of amides is 1. The van der Waals surface area contributed by atoms with Gasteiger partial charge >= 0.3 is 0 Å². The molecular formula is C22H23FN4O6. The highest BCUT2D eigenvalue weighted by atomic mass is 19.1. The molecule has 0 aliphatic carbocycles. The summed E-state index contributed by atoms with van der Waals surface area (Å²) in [5, 5.41) is 14.5. The minimum Gasteiger partial charge on any atom is -0.493 e. The lowest BCUT2D eigenvalue weighted by atomic mass is 10.0. The number of nitrogens with zero attached hydrogens (tertiary/aromatic N) is 3. The lowest BCUT2D eigenvalue weighted by Crippen LogP contribution is -2.31. The summed E-state index contributed by atoms with van der Waals surface area (Å²) in [5.41, 5.74) is -0.295. The summed E-state index contributed by atoms with van der Waals surface area (Å²) >= 11 is 0. The number of hydrogen-bond acceptors (Lipinski definition) is 7. The summed E-state index contributed by atoms with van der Waals surface area (Å²) in [6.07, 6.45) is 3.21. The van der Waals surface area contributed by atoms with Crippen LogP contribution < -0.4 is 14.8 Å².